The van der Waals surface area contributed by atoms with E-state index < -0.39 is 17.8 Å². The number of carbonyl (C=O) groups is 3. The molecule has 3 aromatic carbocycles. The molecular formula is C26H21ClN2O5. The number of nitrogens with one attached hydrogen (secondary N) is 1. The minimum atomic E-state index is -0.814. The lowest BCUT2D eigenvalue weighted by atomic mass is 10.1. The molecule has 4 amide bonds. The molecule has 34 heavy (non-hydrogen) atoms. The predicted molar refractivity (Wildman–Crippen MR) is 129 cm³/mol. The van der Waals surface area contributed by atoms with Crippen LogP contribution in [0.2, 0.25) is 5.02 Å². The minimum Gasteiger partial charge on any atom is -0.490 e. The zero-order chi connectivity index (χ0) is 24.1. The molecule has 0 unspecified atom stereocenters. The molecule has 7 nitrogen and oxygen atoms in total. The minimum absolute atomic E-state index is 0.158. The first-order chi connectivity index (χ1) is 16.4. The van der Waals surface area contributed by atoms with E-state index >= 15 is 0 Å². The maximum absolute atomic E-state index is 12.9. The van der Waals surface area contributed by atoms with Crippen molar-refractivity contribution < 1.29 is 23.9 Å². The van der Waals surface area contributed by atoms with Gasteiger partial charge >= 0.3 is 6.03 Å². The van der Waals surface area contributed by atoms with Crippen molar-refractivity contribution in [3.05, 3.63) is 94.5 Å². The largest absolute Gasteiger partial charge is 0.490 e. The Balaban J connectivity index is 1.40. The Hall–Kier alpha value is -4.10. The van der Waals surface area contributed by atoms with Crippen molar-refractivity contribution in [3.63, 3.8) is 0 Å². The van der Waals surface area contributed by atoms with Crippen LogP contribution in [0.5, 0.6) is 11.5 Å². The van der Waals surface area contributed by atoms with Crippen molar-refractivity contribution in [1.82, 2.24) is 5.32 Å². The molecule has 0 atom stereocenters. The summed E-state index contributed by atoms with van der Waals surface area (Å²) in [5.74, 6) is -0.0713. The Morgan fingerprint density at radius 1 is 0.882 bits per heavy atom. The second-order valence-electron chi connectivity index (χ2n) is 7.52. The highest BCUT2D eigenvalue weighted by molar-refractivity contribution is 6.39. The van der Waals surface area contributed by atoms with E-state index in [9.17, 15) is 14.4 Å². The standard InChI is InChI=1S/C26H21ClN2O5/c1-17-3-2-4-22(15-17)34-14-13-33-21-11-5-18(6-12-21)16-23-24(30)28-26(32)29(25(23)31)20-9-7-19(27)8-10-20/h2-12,15-16H,13-14H2,1H3,(H,28,30,32)/b23-16-. The maximum Gasteiger partial charge on any atom is 0.335 e. The molecule has 3 aromatic rings. The fraction of sp³-hybridized carbons (Fsp3) is 0.115. The summed E-state index contributed by atoms with van der Waals surface area (Å²) in [5, 5.41) is 2.66. The molecule has 0 aromatic heterocycles. The van der Waals surface area contributed by atoms with Crippen LogP contribution in [0.25, 0.3) is 6.08 Å². The Labute approximate surface area is 201 Å². The number of anilines is 1. The number of carbonyl (C=O) groups excluding carboxylic acids is 3. The highest BCUT2D eigenvalue weighted by Crippen LogP contribution is 2.24. The molecule has 1 saturated heterocycles. The molecule has 1 aliphatic heterocycles. The third kappa shape index (κ3) is 5.44. The molecule has 1 N–H and O–H groups in total. The monoisotopic (exact) mass is 476 g/mol. The van der Waals surface area contributed by atoms with Crippen LogP contribution in [0.3, 0.4) is 0 Å². The van der Waals surface area contributed by atoms with E-state index in [2.05, 4.69) is 5.32 Å². The number of halogens is 1. The summed E-state index contributed by atoms with van der Waals surface area (Å²) in [6.45, 7) is 2.74. The average molecular weight is 477 g/mol. The van der Waals surface area contributed by atoms with Crippen molar-refractivity contribution in [2.24, 2.45) is 0 Å². The zero-order valence-electron chi connectivity index (χ0n) is 18.3. The number of aryl methyl sites for hydroxylation is 1. The summed E-state index contributed by atoms with van der Waals surface area (Å²) in [4.78, 5) is 38.4. The van der Waals surface area contributed by atoms with E-state index in [1.807, 2.05) is 31.2 Å². The van der Waals surface area contributed by atoms with Gasteiger partial charge in [-0.2, -0.15) is 0 Å². The molecule has 0 spiro atoms. The van der Waals surface area contributed by atoms with Gasteiger partial charge in [0.1, 0.15) is 30.3 Å². The van der Waals surface area contributed by atoms with Crippen LogP contribution in [0.15, 0.2) is 78.4 Å². The molecular weight excluding hydrogens is 456 g/mol. The van der Waals surface area contributed by atoms with Gasteiger partial charge in [0.15, 0.2) is 0 Å². The predicted octanol–water partition coefficient (Wildman–Crippen LogP) is 4.77. The number of rotatable bonds is 7. The van der Waals surface area contributed by atoms with E-state index in [0.717, 1.165) is 16.2 Å². The average Bonchev–Trinajstić information content (AvgIpc) is 2.81. The molecule has 172 valence electrons. The SMILES string of the molecule is Cc1cccc(OCCOc2ccc(/C=C3/C(=O)NC(=O)N(c4ccc(Cl)cc4)C3=O)cc2)c1. The quantitative estimate of drug-likeness (QED) is 0.301. The first kappa shape index (κ1) is 23.1. The van der Waals surface area contributed by atoms with Crippen LogP contribution in [0.4, 0.5) is 10.5 Å². The molecule has 0 bridgehead atoms. The van der Waals surface area contributed by atoms with Crippen LogP contribution in [-0.4, -0.2) is 31.1 Å². The van der Waals surface area contributed by atoms with Crippen molar-refractivity contribution in [3.8, 4) is 11.5 Å². The molecule has 0 radical (unpaired) electrons. The summed E-state index contributed by atoms with van der Waals surface area (Å²) in [5.41, 5.74) is 1.87. The summed E-state index contributed by atoms with van der Waals surface area (Å²) < 4.78 is 11.4. The van der Waals surface area contributed by atoms with Gasteiger partial charge in [-0.3, -0.25) is 14.9 Å². The van der Waals surface area contributed by atoms with Gasteiger partial charge in [0.25, 0.3) is 11.8 Å². The number of benzene rings is 3. The van der Waals surface area contributed by atoms with Gasteiger partial charge in [0, 0.05) is 5.02 Å². The zero-order valence-corrected chi connectivity index (χ0v) is 19.0. The fourth-order valence-corrected chi connectivity index (χ4v) is 3.46. The number of barbiturate groups is 1. The van der Waals surface area contributed by atoms with E-state index in [1.54, 1.807) is 36.4 Å². The van der Waals surface area contributed by atoms with Crippen LogP contribution >= 0.6 is 11.6 Å². The molecule has 4 rings (SSSR count). The number of urea groups is 1. The van der Waals surface area contributed by atoms with Crippen LogP contribution in [0, 0.1) is 6.92 Å². The second kappa shape index (κ2) is 10.2. The normalized spacial score (nSPS) is 14.8. The van der Waals surface area contributed by atoms with Gasteiger partial charge in [0.05, 0.1) is 5.69 Å². The van der Waals surface area contributed by atoms with Gasteiger partial charge in [-0.1, -0.05) is 35.9 Å². The number of imide groups is 2. The van der Waals surface area contributed by atoms with Crippen molar-refractivity contribution >= 4 is 41.2 Å². The summed E-state index contributed by atoms with van der Waals surface area (Å²) >= 11 is 5.88. The van der Waals surface area contributed by atoms with Crippen LogP contribution < -0.4 is 19.7 Å². The molecule has 0 saturated carbocycles. The number of hydrogen-bond acceptors (Lipinski definition) is 5. The molecule has 1 fully saturated rings. The number of nitrogens with zero attached hydrogens (tertiary/aromatic N) is 1. The van der Waals surface area contributed by atoms with Gasteiger partial charge in [-0.25, -0.2) is 9.69 Å². The van der Waals surface area contributed by atoms with Crippen molar-refractivity contribution in [2.75, 3.05) is 18.1 Å². The van der Waals surface area contributed by atoms with Crippen LogP contribution in [-0.2, 0) is 9.59 Å². The fourth-order valence-electron chi connectivity index (χ4n) is 3.33. The van der Waals surface area contributed by atoms with Gasteiger partial charge in [-0.05, 0) is 72.7 Å². The Morgan fingerprint density at radius 2 is 1.56 bits per heavy atom. The molecule has 8 heteroatoms. The lowest BCUT2D eigenvalue weighted by Gasteiger charge is -2.26. The van der Waals surface area contributed by atoms with Crippen molar-refractivity contribution in [2.45, 2.75) is 6.92 Å². The number of amides is 4. The van der Waals surface area contributed by atoms with E-state index in [-0.39, 0.29) is 5.57 Å². The molecule has 1 aliphatic rings. The first-order valence-corrected chi connectivity index (χ1v) is 10.9. The van der Waals surface area contributed by atoms with Crippen LogP contribution in [0.1, 0.15) is 11.1 Å². The van der Waals surface area contributed by atoms with E-state index in [0.29, 0.717) is 35.2 Å². The Morgan fingerprint density at radius 3 is 2.24 bits per heavy atom. The van der Waals surface area contributed by atoms with E-state index in [1.165, 1.54) is 18.2 Å². The highest BCUT2D eigenvalue weighted by Gasteiger charge is 2.36. The lowest BCUT2D eigenvalue weighted by Crippen LogP contribution is -2.54. The number of ether oxygens (including phenoxy) is 2. The molecule has 0 aliphatic carbocycles. The topological polar surface area (TPSA) is 84.9 Å². The second-order valence-corrected chi connectivity index (χ2v) is 7.95. The van der Waals surface area contributed by atoms with Gasteiger partial charge in [-0.15, -0.1) is 0 Å². The third-order valence-corrected chi connectivity index (χ3v) is 5.24. The number of hydrogen-bond donors (Lipinski definition) is 1. The maximum atomic E-state index is 12.9. The summed E-state index contributed by atoms with van der Waals surface area (Å²) in [7, 11) is 0. The van der Waals surface area contributed by atoms with Crippen molar-refractivity contribution in [1.29, 1.82) is 0 Å². The Bertz CT molecular complexity index is 1250. The smallest absolute Gasteiger partial charge is 0.335 e. The lowest BCUT2D eigenvalue weighted by molar-refractivity contribution is -0.122. The van der Waals surface area contributed by atoms with Gasteiger partial charge in [0.2, 0.25) is 0 Å². The first-order valence-electron chi connectivity index (χ1n) is 10.5. The third-order valence-electron chi connectivity index (χ3n) is 4.99. The molecule has 1 heterocycles. The summed E-state index contributed by atoms with van der Waals surface area (Å²) in [6, 6.07) is 20.0. The summed E-state index contributed by atoms with van der Waals surface area (Å²) in [6.07, 6.45) is 1.43. The Kier molecular flexibility index (Phi) is 6.94. The van der Waals surface area contributed by atoms with Gasteiger partial charge < -0.3 is 9.47 Å². The van der Waals surface area contributed by atoms with E-state index in [4.69, 9.17) is 21.1 Å². The highest BCUT2D eigenvalue weighted by atomic mass is 35.5.